The molecule has 3 N–H and O–H groups in total. The molecule has 1 heterocycles. The Balaban J connectivity index is 1.19. The highest BCUT2D eigenvalue weighted by Crippen LogP contribution is 2.32. The molecule has 0 unspecified atom stereocenters. The molecular formula is C27H25BrN4O6. The van der Waals surface area contributed by atoms with Crippen molar-refractivity contribution < 1.29 is 28.6 Å². The van der Waals surface area contributed by atoms with Crippen LogP contribution < -0.4 is 30.3 Å². The lowest BCUT2D eigenvalue weighted by molar-refractivity contribution is -0.139. The number of benzene rings is 3. The van der Waals surface area contributed by atoms with Crippen LogP contribution in [0, 0.1) is 13.8 Å². The van der Waals surface area contributed by atoms with Gasteiger partial charge in [0.15, 0.2) is 18.1 Å². The number of rotatable bonds is 8. The van der Waals surface area contributed by atoms with Crippen molar-refractivity contribution in [2.24, 2.45) is 5.10 Å². The van der Waals surface area contributed by atoms with E-state index in [2.05, 4.69) is 37.1 Å². The van der Waals surface area contributed by atoms with E-state index in [1.165, 1.54) is 6.21 Å². The van der Waals surface area contributed by atoms with Gasteiger partial charge in [-0.15, -0.1) is 0 Å². The first-order valence-corrected chi connectivity index (χ1v) is 12.4. The fourth-order valence-corrected chi connectivity index (χ4v) is 4.30. The minimum absolute atomic E-state index is 0.147. The van der Waals surface area contributed by atoms with E-state index in [1.54, 1.807) is 42.5 Å². The predicted molar refractivity (Wildman–Crippen MR) is 144 cm³/mol. The Bertz CT molecular complexity index is 1370. The summed E-state index contributed by atoms with van der Waals surface area (Å²) < 4.78 is 17.0. The van der Waals surface area contributed by atoms with Gasteiger partial charge in [0.05, 0.1) is 6.21 Å². The van der Waals surface area contributed by atoms with Crippen molar-refractivity contribution in [3.63, 3.8) is 0 Å². The number of anilines is 1. The smallest absolute Gasteiger partial charge is 0.329 e. The first-order chi connectivity index (χ1) is 18.3. The van der Waals surface area contributed by atoms with Crippen LogP contribution in [0.1, 0.15) is 22.3 Å². The van der Waals surface area contributed by atoms with Crippen LogP contribution in [-0.4, -0.2) is 37.3 Å². The maximum atomic E-state index is 12.3. The number of halogens is 1. The van der Waals surface area contributed by atoms with Gasteiger partial charge in [0.1, 0.15) is 5.75 Å². The second-order valence-corrected chi connectivity index (χ2v) is 9.31. The highest BCUT2D eigenvalue weighted by atomic mass is 79.9. The van der Waals surface area contributed by atoms with E-state index in [1.807, 2.05) is 26.0 Å². The summed E-state index contributed by atoms with van der Waals surface area (Å²) in [6.45, 7) is 3.99. The Morgan fingerprint density at radius 3 is 2.42 bits per heavy atom. The lowest BCUT2D eigenvalue weighted by atomic mass is 10.1. The van der Waals surface area contributed by atoms with E-state index in [-0.39, 0.29) is 25.9 Å². The lowest BCUT2D eigenvalue weighted by Crippen LogP contribution is -2.37. The van der Waals surface area contributed by atoms with Gasteiger partial charge >= 0.3 is 11.8 Å². The minimum atomic E-state index is -0.899. The number of amides is 3. The van der Waals surface area contributed by atoms with Gasteiger partial charge in [-0.1, -0.05) is 22.0 Å². The van der Waals surface area contributed by atoms with Crippen LogP contribution in [0.15, 0.2) is 64.2 Å². The van der Waals surface area contributed by atoms with Gasteiger partial charge in [-0.2, -0.15) is 5.10 Å². The average molecular weight is 581 g/mol. The third-order valence-electron chi connectivity index (χ3n) is 5.49. The Morgan fingerprint density at radius 2 is 1.68 bits per heavy atom. The second-order valence-electron chi connectivity index (χ2n) is 8.39. The van der Waals surface area contributed by atoms with Gasteiger partial charge in [-0.25, -0.2) is 5.43 Å². The van der Waals surface area contributed by atoms with E-state index in [4.69, 9.17) is 14.2 Å². The number of hydrazone groups is 1. The molecule has 3 amide bonds. The first-order valence-electron chi connectivity index (χ1n) is 11.6. The summed E-state index contributed by atoms with van der Waals surface area (Å²) in [6.07, 6.45) is 1.39. The molecule has 4 rings (SSSR count). The third kappa shape index (κ3) is 7.10. The van der Waals surface area contributed by atoms with Crippen molar-refractivity contribution in [1.82, 2.24) is 10.7 Å². The molecular weight excluding hydrogens is 556 g/mol. The molecule has 0 spiro atoms. The van der Waals surface area contributed by atoms with Gasteiger partial charge in [0.2, 0.25) is 6.79 Å². The number of hydrogen-bond acceptors (Lipinski definition) is 7. The molecule has 0 radical (unpaired) electrons. The molecule has 196 valence electrons. The highest BCUT2D eigenvalue weighted by molar-refractivity contribution is 9.10. The van der Waals surface area contributed by atoms with Crippen LogP contribution in [0.5, 0.6) is 17.2 Å². The molecule has 38 heavy (non-hydrogen) atoms. The monoisotopic (exact) mass is 580 g/mol. The zero-order valence-corrected chi connectivity index (χ0v) is 22.3. The SMILES string of the molecule is Cc1cc(Br)cc(C)c1NC(=O)COc1ccc(/C=N\NC(=O)C(=O)NCc2ccc3c(c2)OCO3)cc1. The van der Waals surface area contributed by atoms with Gasteiger partial charge < -0.3 is 24.8 Å². The fourth-order valence-electron chi connectivity index (χ4n) is 3.61. The van der Waals surface area contributed by atoms with E-state index in [0.29, 0.717) is 22.8 Å². The van der Waals surface area contributed by atoms with Crippen molar-refractivity contribution in [3.8, 4) is 17.2 Å². The number of ether oxygens (including phenoxy) is 3. The summed E-state index contributed by atoms with van der Waals surface area (Å²) in [5, 5.41) is 9.20. The third-order valence-corrected chi connectivity index (χ3v) is 5.95. The summed E-state index contributed by atoms with van der Waals surface area (Å²) in [5.41, 5.74) is 6.26. The van der Waals surface area contributed by atoms with Crippen molar-refractivity contribution in [2.45, 2.75) is 20.4 Å². The molecule has 0 fully saturated rings. The number of aryl methyl sites for hydroxylation is 2. The Hall–Kier alpha value is -4.38. The maximum absolute atomic E-state index is 12.3. The van der Waals surface area contributed by atoms with Gasteiger partial charge in [-0.3, -0.25) is 14.4 Å². The number of hydrogen-bond donors (Lipinski definition) is 3. The molecule has 11 heteroatoms. The van der Waals surface area contributed by atoms with Gasteiger partial charge in [-0.05, 0) is 84.6 Å². The van der Waals surface area contributed by atoms with E-state index < -0.39 is 11.8 Å². The van der Waals surface area contributed by atoms with Crippen LogP contribution in [0.4, 0.5) is 5.69 Å². The zero-order chi connectivity index (χ0) is 27.1. The summed E-state index contributed by atoms with van der Waals surface area (Å²) in [5.74, 6) is -0.271. The molecule has 0 saturated carbocycles. The second kappa shape index (κ2) is 12.2. The number of fused-ring (bicyclic) bond motifs is 1. The predicted octanol–water partition coefficient (Wildman–Crippen LogP) is 3.58. The molecule has 0 bridgehead atoms. The average Bonchev–Trinajstić information content (AvgIpc) is 3.37. The minimum Gasteiger partial charge on any atom is -0.484 e. The van der Waals surface area contributed by atoms with Crippen LogP contribution in [0.3, 0.4) is 0 Å². The number of carbonyl (C=O) groups excluding carboxylic acids is 3. The quantitative estimate of drug-likeness (QED) is 0.212. The van der Waals surface area contributed by atoms with Crippen molar-refractivity contribution in [2.75, 3.05) is 18.7 Å². The first kappa shape index (κ1) is 26.7. The molecule has 1 aliphatic heterocycles. The summed E-state index contributed by atoms with van der Waals surface area (Å²) in [6, 6.07) is 15.9. The number of nitrogens with zero attached hydrogens (tertiary/aromatic N) is 1. The molecule has 3 aromatic rings. The summed E-state index contributed by atoms with van der Waals surface area (Å²) in [4.78, 5) is 36.3. The van der Waals surface area contributed by atoms with Crippen LogP contribution in [-0.2, 0) is 20.9 Å². The largest absolute Gasteiger partial charge is 0.484 e. The normalized spacial score (nSPS) is 11.8. The zero-order valence-electron chi connectivity index (χ0n) is 20.7. The van der Waals surface area contributed by atoms with E-state index >= 15 is 0 Å². The Labute approximate surface area is 227 Å². The molecule has 3 aromatic carbocycles. The van der Waals surface area contributed by atoms with E-state index in [0.717, 1.165) is 26.9 Å². The summed E-state index contributed by atoms with van der Waals surface area (Å²) >= 11 is 3.44. The standard InChI is InChI=1S/C27H25BrN4O6/c1-16-9-20(28)10-17(2)25(16)31-24(33)14-36-21-6-3-18(4-7-21)13-30-32-27(35)26(34)29-12-19-5-8-22-23(11-19)38-15-37-22/h3-11,13H,12,14-15H2,1-2H3,(H,29,34)(H,31,33)(H,32,35)/b30-13-. The molecule has 1 aliphatic rings. The van der Waals surface area contributed by atoms with Crippen LogP contribution in [0.25, 0.3) is 0 Å². The van der Waals surface area contributed by atoms with E-state index in [9.17, 15) is 14.4 Å². The maximum Gasteiger partial charge on any atom is 0.329 e. The van der Waals surface area contributed by atoms with Crippen molar-refractivity contribution >= 4 is 45.6 Å². The topological polar surface area (TPSA) is 127 Å². The molecule has 10 nitrogen and oxygen atoms in total. The van der Waals surface area contributed by atoms with Crippen LogP contribution in [0.2, 0.25) is 0 Å². The molecule has 0 aromatic heterocycles. The van der Waals surface area contributed by atoms with Gasteiger partial charge in [0.25, 0.3) is 5.91 Å². The molecule has 0 saturated heterocycles. The fraction of sp³-hybridized carbons (Fsp3) is 0.185. The van der Waals surface area contributed by atoms with Crippen molar-refractivity contribution in [3.05, 3.63) is 81.3 Å². The van der Waals surface area contributed by atoms with Crippen LogP contribution >= 0.6 is 15.9 Å². The Morgan fingerprint density at radius 1 is 0.974 bits per heavy atom. The van der Waals surface area contributed by atoms with Gasteiger partial charge in [0, 0.05) is 16.7 Å². The number of nitrogens with one attached hydrogen (secondary N) is 3. The lowest BCUT2D eigenvalue weighted by Gasteiger charge is -2.13. The summed E-state index contributed by atoms with van der Waals surface area (Å²) in [7, 11) is 0. The molecule has 0 atom stereocenters. The number of carbonyl (C=O) groups is 3. The molecule has 0 aliphatic carbocycles. The Kier molecular flexibility index (Phi) is 8.59. The highest BCUT2D eigenvalue weighted by Gasteiger charge is 2.15. The van der Waals surface area contributed by atoms with Crippen molar-refractivity contribution in [1.29, 1.82) is 0 Å².